The number of rotatable bonds is 5. The molecule has 0 saturated carbocycles. The fraction of sp³-hybridized carbons (Fsp3) is 0. The van der Waals surface area contributed by atoms with E-state index in [1.165, 1.54) is 75.5 Å². The van der Waals surface area contributed by atoms with Crippen molar-refractivity contribution in [3.63, 3.8) is 0 Å². The van der Waals surface area contributed by atoms with Gasteiger partial charge in [-0.1, -0.05) is 133 Å². The van der Waals surface area contributed by atoms with Crippen LogP contribution in [-0.4, -0.2) is 4.98 Å². The number of aromatic nitrogens is 1. The monoisotopic (exact) mass is 628 g/mol. The summed E-state index contributed by atoms with van der Waals surface area (Å²) < 4.78 is 2.52. The second-order valence-electron chi connectivity index (χ2n) is 12.4. The molecule has 0 spiro atoms. The van der Waals surface area contributed by atoms with E-state index in [0.29, 0.717) is 0 Å². The Balaban J connectivity index is 1.12. The number of thiophene rings is 1. The van der Waals surface area contributed by atoms with E-state index in [1.807, 2.05) is 11.3 Å². The van der Waals surface area contributed by atoms with Gasteiger partial charge in [0.2, 0.25) is 0 Å². The maximum absolute atomic E-state index is 5.14. The minimum Gasteiger partial charge on any atom is -0.294 e. The van der Waals surface area contributed by atoms with Crippen LogP contribution < -0.4 is 4.90 Å². The highest BCUT2D eigenvalue weighted by atomic mass is 32.1. The van der Waals surface area contributed by atoms with Crippen molar-refractivity contribution in [2.75, 3.05) is 4.90 Å². The van der Waals surface area contributed by atoms with Gasteiger partial charge >= 0.3 is 0 Å². The standard InChI is InChI=1S/C45H28N2S/c1-2-9-29(10-3-1)30-17-19-31(20-18-30)32-21-23-33(24-22-32)47(44-27-43-40(28-46-44)36-13-6-7-16-42(36)48-43)41-26-25-38-35-12-5-4-11-34(35)37-14-8-15-39(41)45(37)38/h1-28H. The van der Waals surface area contributed by atoms with Gasteiger partial charge < -0.3 is 0 Å². The summed E-state index contributed by atoms with van der Waals surface area (Å²) in [7, 11) is 0. The summed E-state index contributed by atoms with van der Waals surface area (Å²) in [6, 6.07) is 59.2. The lowest BCUT2D eigenvalue weighted by atomic mass is 9.99. The predicted molar refractivity (Wildman–Crippen MR) is 205 cm³/mol. The number of hydrogen-bond acceptors (Lipinski definition) is 3. The van der Waals surface area contributed by atoms with Gasteiger partial charge in [0, 0.05) is 37.4 Å². The second kappa shape index (κ2) is 10.8. The second-order valence-corrected chi connectivity index (χ2v) is 13.5. The smallest absolute Gasteiger partial charge is 0.138 e. The molecule has 0 amide bonds. The van der Waals surface area contributed by atoms with Crippen molar-refractivity contribution in [3.8, 4) is 44.5 Å². The Morgan fingerprint density at radius 3 is 1.75 bits per heavy atom. The van der Waals surface area contributed by atoms with Crippen molar-refractivity contribution < 1.29 is 0 Å². The first-order valence-corrected chi connectivity index (χ1v) is 17.1. The van der Waals surface area contributed by atoms with Crippen LogP contribution in [0.15, 0.2) is 170 Å². The van der Waals surface area contributed by atoms with Gasteiger partial charge in [0.05, 0.1) is 5.69 Å². The van der Waals surface area contributed by atoms with E-state index in [1.54, 1.807) is 0 Å². The zero-order chi connectivity index (χ0) is 31.6. The van der Waals surface area contributed by atoms with E-state index >= 15 is 0 Å². The van der Waals surface area contributed by atoms with E-state index < -0.39 is 0 Å². The average Bonchev–Trinajstić information content (AvgIpc) is 3.70. The number of benzene rings is 7. The molecule has 2 aromatic heterocycles. The highest BCUT2D eigenvalue weighted by molar-refractivity contribution is 7.25. The van der Waals surface area contributed by atoms with Crippen LogP contribution in [0.2, 0.25) is 0 Å². The van der Waals surface area contributed by atoms with Gasteiger partial charge in [-0.3, -0.25) is 4.90 Å². The minimum absolute atomic E-state index is 0.908. The molecule has 1 aliphatic carbocycles. The molecule has 48 heavy (non-hydrogen) atoms. The summed E-state index contributed by atoms with van der Waals surface area (Å²) in [5, 5.41) is 4.98. The summed E-state index contributed by atoms with van der Waals surface area (Å²) in [6.07, 6.45) is 2.05. The summed E-state index contributed by atoms with van der Waals surface area (Å²) in [4.78, 5) is 7.47. The third kappa shape index (κ3) is 4.22. The molecule has 0 aliphatic heterocycles. The molecule has 0 bridgehead atoms. The maximum Gasteiger partial charge on any atom is 0.138 e. The first-order valence-electron chi connectivity index (χ1n) is 16.3. The third-order valence-electron chi connectivity index (χ3n) is 9.69. The largest absolute Gasteiger partial charge is 0.294 e. The van der Waals surface area contributed by atoms with Crippen LogP contribution in [0.1, 0.15) is 0 Å². The van der Waals surface area contributed by atoms with Gasteiger partial charge in [-0.05, 0) is 80.2 Å². The van der Waals surface area contributed by atoms with Crippen LogP contribution in [-0.2, 0) is 0 Å². The lowest BCUT2D eigenvalue weighted by Gasteiger charge is -2.26. The molecule has 10 rings (SSSR count). The Morgan fingerprint density at radius 1 is 0.417 bits per heavy atom. The zero-order valence-corrected chi connectivity index (χ0v) is 26.8. The molecule has 2 heterocycles. The van der Waals surface area contributed by atoms with Crippen LogP contribution in [0.5, 0.6) is 0 Å². The molecular weight excluding hydrogens is 601 g/mol. The van der Waals surface area contributed by atoms with Crippen molar-refractivity contribution in [3.05, 3.63) is 170 Å². The summed E-state index contributed by atoms with van der Waals surface area (Å²) in [5.41, 5.74) is 12.2. The van der Waals surface area contributed by atoms with Crippen molar-refractivity contribution in [2.45, 2.75) is 0 Å². The molecule has 224 valence electrons. The van der Waals surface area contributed by atoms with Gasteiger partial charge in [0.1, 0.15) is 5.82 Å². The zero-order valence-electron chi connectivity index (χ0n) is 26.0. The Bertz CT molecular complexity index is 2620. The molecule has 1 aliphatic rings. The molecule has 9 aromatic rings. The highest BCUT2D eigenvalue weighted by Gasteiger charge is 2.25. The van der Waals surface area contributed by atoms with E-state index in [9.17, 15) is 0 Å². The van der Waals surface area contributed by atoms with Gasteiger partial charge in [0.25, 0.3) is 0 Å². The number of hydrogen-bond donors (Lipinski definition) is 0. The predicted octanol–water partition coefficient (Wildman–Crippen LogP) is 13.1. The van der Waals surface area contributed by atoms with Gasteiger partial charge in [-0.15, -0.1) is 11.3 Å². The Morgan fingerprint density at radius 2 is 1.00 bits per heavy atom. The maximum atomic E-state index is 5.14. The number of nitrogens with zero attached hydrogens (tertiary/aromatic N) is 2. The molecule has 0 radical (unpaired) electrons. The van der Waals surface area contributed by atoms with Crippen LogP contribution in [0.4, 0.5) is 17.2 Å². The molecular formula is C45H28N2S. The van der Waals surface area contributed by atoms with Crippen LogP contribution in [0.3, 0.4) is 0 Å². The lowest BCUT2D eigenvalue weighted by Crippen LogP contribution is -2.12. The van der Waals surface area contributed by atoms with Crippen molar-refractivity contribution in [1.82, 2.24) is 4.98 Å². The van der Waals surface area contributed by atoms with Crippen LogP contribution in [0.25, 0.3) is 75.5 Å². The van der Waals surface area contributed by atoms with E-state index in [2.05, 4.69) is 175 Å². The van der Waals surface area contributed by atoms with Crippen molar-refractivity contribution in [2.24, 2.45) is 0 Å². The Hall–Kier alpha value is -6.03. The van der Waals surface area contributed by atoms with E-state index in [4.69, 9.17) is 4.98 Å². The van der Waals surface area contributed by atoms with Crippen LogP contribution in [0, 0.1) is 0 Å². The van der Waals surface area contributed by atoms with Crippen LogP contribution >= 0.6 is 11.3 Å². The van der Waals surface area contributed by atoms with Crippen molar-refractivity contribution >= 4 is 59.5 Å². The number of pyridine rings is 1. The first kappa shape index (κ1) is 27.1. The topological polar surface area (TPSA) is 16.1 Å². The van der Waals surface area contributed by atoms with Gasteiger partial charge in [-0.2, -0.15) is 0 Å². The molecule has 0 atom stereocenters. The lowest BCUT2D eigenvalue weighted by molar-refractivity contribution is 1.20. The summed E-state index contributed by atoms with van der Waals surface area (Å²) in [5.74, 6) is 0.908. The Labute approximate surface area is 282 Å². The molecule has 0 N–H and O–H groups in total. The summed E-state index contributed by atoms with van der Waals surface area (Å²) in [6.45, 7) is 0. The first-order chi connectivity index (χ1) is 23.8. The highest BCUT2D eigenvalue weighted by Crippen LogP contribution is 2.51. The van der Waals surface area contributed by atoms with E-state index in [-0.39, 0.29) is 0 Å². The molecule has 0 fully saturated rings. The Kier molecular flexibility index (Phi) is 6.08. The number of fused-ring (bicyclic) bond motifs is 6. The molecule has 0 saturated heterocycles. The SMILES string of the molecule is c1ccc(-c2ccc(-c3ccc(N(c4cc5sc6ccccc6c5cn4)c4ccc5c6c(cccc46)-c4ccccc4-5)cc3)cc2)cc1. The molecule has 3 heteroatoms. The number of anilines is 3. The van der Waals surface area contributed by atoms with Gasteiger partial charge in [0.15, 0.2) is 0 Å². The fourth-order valence-corrected chi connectivity index (χ4v) is 8.51. The minimum atomic E-state index is 0.908. The third-order valence-corrected chi connectivity index (χ3v) is 10.8. The average molecular weight is 629 g/mol. The van der Waals surface area contributed by atoms with Gasteiger partial charge in [-0.25, -0.2) is 4.98 Å². The normalized spacial score (nSPS) is 11.8. The fourth-order valence-electron chi connectivity index (χ4n) is 7.40. The molecule has 0 unspecified atom stereocenters. The molecule has 7 aromatic carbocycles. The molecule has 2 nitrogen and oxygen atoms in total. The van der Waals surface area contributed by atoms with Crippen molar-refractivity contribution in [1.29, 1.82) is 0 Å². The van der Waals surface area contributed by atoms with E-state index in [0.717, 1.165) is 17.2 Å². The summed E-state index contributed by atoms with van der Waals surface area (Å²) >= 11 is 1.83. The quantitative estimate of drug-likeness (QED) is 0.188.